The summed E-state index contributed by atoms with van der Waals surface area (Å²) in [6, 6.07) is 24.2. The maximum absolute atomic E-state index is 13.3. The van der Waals surface area contributed by atoms with E-state index in [1.54, 1.807) is 0 Å². The summed E-state index contributed by atoms with van der Waals surface area (Å²) in [4.78, 5) is 30.5. The Labute approximate surface area is 196 Å². The fourth-order valence-corrected chi connectivity index (χ4v) is 4.32. The molecule has 0 saturated carbocycles. The first-order valence-corrected chi connectivity index (χ1v) is 11.7. The Kier molecular flexibility index (Phi) is 6.68. The van der Waals surface area contributed by atoms with E-state index >= 15 is 0 Å². The molecule has 1 saturated heterocycles. The third-order valence-corrected chi connectivity index (χ3v) is 6.32. The van der Waals surface area contributed by atoms with Crippen LogP contribution in [0.5, 0.6) is 0 Å². The van der Waals surface area contributed by atoms with Crippen LogP contribution in [0.15, 0.2) is 72.8 Å². The lowest BCUT2D eigenvalue weighted by Crippen LogP contribution is -2.49. The molecule has 0 radical (unpaired) electrons. The zero-order chi connectivity index (χ0) is 23.4. The van der Waals surface area contributed by atoms with Gasteiger partial charge in [0.25, 0.3) is 0 Å². The van der Waals surface area contributed by atoms with Crippen LogP contribution in [0, 0.1) is 5.41 Å². The molecular formula is C28H33N3O2. The van der Waals surface area contributed by atoms with Crippen molar-refractivity contribution in [2.24, 2.45) is 5.41 Å². The number of hydrogen-bond donors (Lipinski definition) is 1. The standard InChI is InChI=1S/C28H33N3O2/c1-28(2,3)27(33)29-25(24-15-9-11-21-10-7-8-14-23(21)24)20-26(32)31-18-16-30(17-19-31)22-12-5-4-6-13-22/h4-15,25H,16-20H2,1-3H3,(H,29,33). The number of anilines is 1. The molecule has 1 heterocycles. The second-order valence-corrected chi connectivity index (χ2v) is 9.75. The first-order valence-electron chi connectivity index (χ1n) is 11.7. The van der Waals surface area contributed by atoms with Crippen LogP contribution in [-0.2, 0) is 9.59 Å². The molecule has 0 spiro atoms. The number of nitrogens with one attached hydrogen (secondary N) is 1. The molecule has 5 heteroatoms. The molecule has 33 heavy (non-hydrogen) atoms. The summed E-state index contributed by atoms with van der Waals surface area (Å²) in [7, 11) is 0. The molecule has 3 aromatic rings. The minimum Gasteiger partial charge on any atom is -0.368 e. The first kappa shape index (κ1) is 22.8. The second kappa shape index (κ2) is 9.65. The fourth-order valence-electron chi connectivity index (χ4n) is 4.32. The Morgan fingerprint density at radius 1 is 0.848 bits per heavy atom. The van der Waals surface area contributed by atoms with Gasteiger partial charge in [-0.25, -0.2) is 0 Å². The first-order chi connectivity index (χ1) is 15.8. The number of nitrogens with zero attached hydrogens (tertiary/aromatic N) is 2. The summed E-state index contributed by atoms with van der Waals surface area (Å²) in [5, 5.41) is 5.35. The SMILES string of the molecule is CC(C)(C)C(=O)NC(CC(=O)N1CCN(c2ccccc2)CC1)c1cccc2ccccc12. The highest BCUT2D eigenvalue weighted by Gasteiger charge is 2.29. The van der Waals surface area contributed by atoms with Crippen LogP contribution in [0.4, 0.5) is 5.69 Å². The Hall–Kier alpha value is -3.34. The number of para-hydroxylation sites is 1. The van der Waals surface area contributed by atoms with Gasteiger partial charge in [-0.3, -0.25) is 9.59 Å². The zero-order valence-electron chi connectivity index (χ0n) is 19.8. The van der Waals surface area contributed by atoms with Gasteiger partial charge in [-0.2, -0.15) is 0 Å². The summed E-state index contributed by atoms with van der Waals surface area (Å²) < 4.78 is 0. The molecule has 1 unspecified atom stereocenters. The number of carbonyl (C=O) groups excluding carboxylic acids is 2. The van der Waals surface area contributed by atoms with Gasteiger partial charge >= 0.3 is 0 Å². The van der Waals surface area contributed by atoms with Crippen molar-refractivity contribution in [3.8, 4) is 0 Å². The number of piperazine rings is 1. The van der Waals surface area contributed by atoms with E-state index in [0.717, 1.165) is 29.4 Å². The molecule has 4 rings (SSSR count). The molecule has 1 atom stereocenters. The van der Waals surface area contributed by atoms with Crippen molar-refractivity contribution >= 4 is 28.3 Å². The Bertz CT molecular complexity index is 1110. The minimum absolute atomic E-state index is 0.0536. The van der Waals surface area contributed by atoms with Crippen molar-refractivity contribution in [1.29, 1.82) is 0 Å². The van der Waals surface area contributed by atoms with E-state index in [0.29, 0.717) is 13.1 Å². The summed E-state index contributed by atoms with van der Waals surface area (Å²) in [5.41, 5.74) is 1.64. The van der Waals surface area contributed by atoms with E-state index in [4.69, 9.17) is 0 Å². The van der Waals surface area contributed by atoms with E-state index in [1.807, 2.05) is 68.1 Å². The van der Waals surface area contributed by atoms with Crippen LogP contribution >= 0.6 is 0 Å². The maximum Gasteiger partial charge on any atom is 0.225 e. The number of fused-ring (bicyclic) bond motifs is 1. The van der Waals surface area contributed by atoms with Crippen molar-refractivity contribution in [2.45, 2.75) is 33.2 Å². The normalized spacial score (nSPS) is 15.4. The molecular weight excluding hydrogens is 410 g/mol. The second-order valence-electron chi connectivity index (χ2n) is 9.75. The van der Waals surface area contributed by atoms with Crippen LogP contribution in [0.3, 0.4) is 0 Å². The van der Waals surface area contributed by atoms with Crippen LogP contribution in [0.25, 0.3) is 10.8 Å². The van der Waals surface area contributed by atoms with E-state index in [-0.39, 0.29) is 24.3 Å². The van der Waals surface area contributed by atoms with Crippen molar-refractivity contribution in [2.75, 3.05) is 31.1 Å². The lowest BCUT2D eigenvalue weighted by molar-refractivity contribution is -0.133. The largest absolute Gasteiger partial charge is 0.368 e. The average Bonchev–Trinajstić information content (AvgIpc) is 2.83. The van der Waals surface area contributed by atoms with Gasteiger partial charge in [-0.05, 0) is 28.5 Å². The summed E-state index contributed by atoms with van der Waals surface area (Å²) in [5.74, 6) is 0.0250. The quantitative estimate of drug-likeness (QED) is 0.617. The van der Waals surface area contributed by atoms with Gasteiger partial charge in [-0.15, -0.1) is 0 Å². The highest BCUT2D eigenvalue weighted by atomic mass is 16.2. The topological polar surface area (TPSA) is 52.7 Å². The van der Waals surface area contributed by atoms with Gasteiger partial charge in [0.2, 0.25) is 11.8 Å². The van der Waals surface area contributed by atoms with Crippen LogP contribution < -0.4 is 10.2 Å². The van der Waals surface area contributed by atoms with Gasteiger partial charge in [0.1, 0.15) is 0 Å². The number of hydrogen-bond acceptors (Lipinski definition) is 3. The van der Waals surface area contributed by atoms with Gasteiger partial charge in [-0.1, -0.05) is 81.4 Å². The summed E-state index contributed by atoms with van der Waals surface area (Å²) in [6.45, 7) is 8.67. The van der Waals surface area contributed by atoms with Crippen molar-refractivity contribution in [3.05, 3.63) is 78.4 Å². The Morgan fingerprint density at radius 2 is 1.48 bits per heavy atom. The van der Waals surface area contributed by atoms with Crippen molar-refractivity contribution < 1.29 is 9.59 Å². The molecule has 1 aliphatic rings. The van der Waals surface area contributed by atoms with Crippen LogP contribution in [-0.4, -0.2) is 42.9 Å². The van der Waals surface area contributed by atoms with E-state index in [2.05, 4.69) is 40.5 Å². The zero-order valence-corrected chi connectivity index (χ0v) is 19.8. The summed E-state index contributed by atoms with van der Waals surface area (Å²) in [6.07, 6.45) is 0.251. The predicted octanol–water partition coefficient (Wildman–Crippen LogP) is 4.78. The third kappa shape index (κ3) is 5.36. The Balaban J connectivity index is 1.52. The van der Waals surface area contributed by atoms with Gasteiger partial charge < -0.3 is 15.1 Å². The molecule has 2 amide bonds. The van der Waals surface area contributed by atoms with E-state index in [1.165, 1.54) is 5.69 Å². The highest BCUT2D eigenvalue weighted by molar-refractivity contribution is 5.89. The van der Waals surface area contributed by atoms with Gasteiger partial charge in [0, 0.05) is 37.3 Å². The highest BCUT2D eigenvalue weighted by Crippen LogP contribution is 2.29. The molecule has 0 bridgehead atoms. The molecule has 172 valence electrons. The molecule has 0 aromatic heterocycles. The fraction of sp³-hybridized carbons (Fsp3) is 0.357. The number of benzene rings is 3. The van der Waals surface area contributed by atoms with E-state index < -0.39 is 5.41 Å². The monoisotopic (exact) mass is 443 g/mol. The minimum atomic E-state index is -0.535. The van der Waals surface area contributed by atoms with Gasteiger partial charge in [0.15, 0.2) is 0 Å². The van der Waals surface area contributed by atoms with Crippen molar-refractivity contribution in [3.63, 3.8) is 0 Å². The Morgan fingerprint density at radius 3 is 2.18 bits per heavy atom. The van der Waals surface area contributed by atoms with Gasteiger partial charge in [0.05, 0.1) is 12.5 Å². The maximum atomic E-state index is 13.3. The van der Waals surface area contributed by atoms with Crippen molar-refractivity contribution in [1.82, 2.24) is 10.2 Å². The molecule has 1 aliphatic heterocycles. The number of rotatable bonds is 5. The average molecular weight is 444 g/mol. The van der Waals surface area contributed by atoms with E-state index in [9.17, 15) is 9.59 Å². The molecule has 5 nitrogen and oxygen atoms in total. The molecule has 3 aromatic carbocycles. The molecule has 1 fully saturated rings. The lowest BCUT2D eigenvalue weighted by atomic mass is 9.92. The number of carbonyl (C=O) groups is 2. The molecule has 1 N–H and O–H groups in total. The number of amides is 2. The summed E-state index contributed by atoms with van der Waals surface area (Å²) >= 11 is 0. The third-order valence-electron chi connectivity index (χ3n) is 6.32. The lowest BCUT2D eigenvalue weighted by Gasteiger charge is -2.37. The van der Waals surface area contributed by atoms with Crippen LogP contribution in [0.1, 0.15) is 38.8 Å². The van der Waals surface area contributed by atoms with Crippen LogP contribution in [0.2, 0.25) is 0 Å². The molecule has 0 aliphatic carbocycles. The predicted molar refractivity (Wildman–Crippen MR) is 134 cm³/mol. The smallest absolute Gasteiger partial charge is 0.225 e.